The molecule has 0 spiro atoms. The molecule has 4 rings (SSSR count). The van der Waals surface area contributed by atoms with Crippen LogP contribution >= 0.6 is 0 Å². The molecular weight excluding hydrogens is 684 g/mol. The van der Waals surface area contributed by atoms with Crippen LogP contribution in [-0.4, -0.2) is 79.2 Å². The number of unbranched alkanes of at least 4 members (excludes halogenated alkanes) is 6. The van der Waals surface area contributed by atoms with Gasteiger partial charge in [-0.3, -0.25) is 24.0 Å². The van der Waals surface area contributed by atoms with Crippen molar-refractivity contribution in [2.45, 2.75) is 58.3 Å². The third kappa shape index (κ3) is 12.5. The van der Waals surface area contributed by atoms with Crippen molar-refractivity contribution < 1.29 is 43.3 Å². The molecule has 0 fully saturated rings. The van der Waals surface area contributed by atoms with Gasteiger partial charge in [0.15, 0.2) is 5.43 Å². The van der Waals surface area contributed by atoms with Crippen molar-refractivity contribution in [1.82, 2.24) is 21.3 Å². The number of phenols is 1. The Morgan fingerprint density at radius 1 is 0.679 bits per heavy atom. The van der Waals surface area contributed by atoms with Gasteiger partial charge in [0.2, 0.25) is 17.7 Å². The topological polar surface area (TPSA) is 213 Å². The number of aromatic hydroxyl groups is 1. The van der Waals surface area contributed by atoms with Gasteiger partial charge in [0.05, 0.1) is 5.56 Å². The molecule has 0 radical (unpaired) electrons. The molecule has 6 N–H and O–H groups in total. The molecule has 2 aromatic carbocycles. The van der Waals surface area contributed by atoms with Crippen LogP contribution in [0, 0.1) is 0 Å². The summed E-state index contributed by atoms with van der Waals surface area (Å²) in [6, 6.07) is 13.1. The molecule has 0 aromatic heterocycles. The number of ether oxygens (including phenoxy) is 1. The smallest absolute Gasteiger partial charge is 0.336 e. The van der Waals surface area contributed by atoms with E-state index in [1.165, 1.54) is 37.3 Å². The number of benzene rings is 3. The van der Waals surface area contributed by atoms with Crippen LogP contribution in [0.25, 0.3) is 33.4 Å². The Hall–Kier alpha value is -5.76. The van der Waals surface area contributed by atoms with Crippen LogP contribution in [0.2, 0.25) is 0 Å². The molecule has 0 saturated heterocycles. The number of carbonyl (C=O) groups is 5. The maximum absolute atomic E-state index is 13.0. The molecule has 4 amide bonds. The van der Waals surface area contributed by atoms with Gasteiger partial charge in [0.1, 0.15) is 30.3 Å². The lowest BCUT2D eigenvalue weighted by Crippen LogP contribution is -2.32. The van der Waals surface area contributed by atoms with E-state index in [4.69, 9.17) is 9.15 Å². The number of rotatable bonds is 21. The lowest BCUT2D eigenvalue weighted by atomic mass is 9.90. The predicted octanol–water partition coefficient (Wildman–Crippen LogP) is 4.20. The number of phenolic OH excluding ortho intramolecular Hbond substituents is 1. The molecule has 14 heteroatoms. The van der Waals surface area contributed by atoms with E-state index < -0.39 is 11.9 Å². The molecular formula is C39H46N4O10. The van der Waals surface area contributed by atoms with Crippen LogP contribution in [-0.2, 0) is 19.1 Å². The van der Waals surface area contributed by atoms with Crippen molar-refractivity contribution in [3.05, 3.63) is 75.9 Å². The first-order valence-corrected chi connectivity index (χ1v) is 17.7. The maximum Gasteiger partial charge on any atom is 0.336 e. The minimum Gasteiger partial charge on any atom is -0.508 e. The molecule has 0 atom stereocenters. The molecule has 0 bridgehead atoms. The van der Waals surface area contributed by atoms with Gasteiger partial charge in [0, 0.05) is 67.3 Å². The second kappa shape index (κ2) is 20.3. The van der Waals surface area contributed by atoms with Gasteiger partial charge in [-0.2, -0.15) is 0 Å². The van der Waals surface area contributed by atoms with Crippen molar-refractivity contribution >= 4 is 40.6 Å². The summed E-state index contributed by atoms with van der Waals surface area (Å²) in [5, 5.41) is 31.8. The number of carbonyl (C=O) groups excluding carboxylic acids is 4. The van der Waals surface area contributed by atoms with Gasteiger partial charge in [0.25, 0.3) is 5.91 Å². The van der Waals surface area contributed by atoms with E-state index in [1.807, 2.05) is 0 Å². The second-order valence-electron chi connectivity index (χ2n) is 12.6. The highest BCUT2D eigenvalue weighted by molar-refractivity contribution is 6.09. The van der Waals surface area contributed by atoms with E-state index in [1.54, 1.807) is 24.3 Å². The minimum atomic E-state index is -1.24. The van der Waals surface area contributed by atoms with Gasteiger partial charge in [-0.25, -0.2) is 4.79 Å². The SMILES string of the molecule is CC(=O)NCCCCCCNC(=O)COCC(=O)NCCCCCCNC(=O)c1ccc(-c2c3ccc(=O)cc-3oc3cc(O)ccc23)c(C(=O)O)c1. The monoisotopic (exact) mass is 730 g/mol. The molecule has 1 aliphatic heterocycles. The lowest BCUT2D eigenvalue weighted by Gasteiger charge is -2.17. The highest BCUT2D eigenvalue weighted by Crippen LogP contribution is 2.42. The average molecular weight is 731 g/mol. The molecule has 0 unspecified atom stereocenters. The molecule has 1 aliphatic carbocycles. The molecule has 2 aromatic rings. The standard InChI is InChI=1S/C39H46N4O10/c1-25(44)40-16-6-2-3-7-17-41-35(47)23-52-24-36(48)42-18-8-4-5-9-19-43-38(49)26-10-13-29(32(20-26)39(50)51)37-30-14-11-27(45)21-33(30)53-34-22-28(46)12-15-31(34)37/h10-15,20-22,45H,2-9,16-19,23-24H2,1H3,(H,40,44)(H,41,47)(H,42,48)(H,43,49)(H,50,51). The summed E-state index contributed by atoms with van der Waals surface area (Å²) in [5.41, 5.74) is 1.36. The van der Waals surface area contributed by atoms with E-state index in [0.29, 0.717) is 54.7 Å². The number of hydrogen-bond acceptors (Lipinski definition) is 9. The Kier molecular flexibility index (Phi) is 15.3. The maximum atomic E-state index is 13.0. The fraction of sp³-hybridized carbons (Fsp3) is 0.385. The largest absolute Gasteiger partial charge is 0.508 e. The normalized spacial score (nSPS) is 11.0. The molecule has 282 valence electrons. The first kappa shape index (κ1) is 40.0. The third-order valence-corrected chi connectivity index (χ3v) is 8.44. The summed E-state index contributed by atoms with van der Waals surface area (Å²) < 4.78 is 11.1. The number of nitrogens with one attached hydrogen (secondary N) is 4. The summed E-state index contributed by atoms with van der Waals surface area (Å²) in [6.07, 6.45) is 6.62. The van der Waals surface area contributed by atoms with E-state index in [9.17, 15) is 39.0 Å². The summed E-state index contributed by atoms with van der Waals surface area (Å²) in [7, 11) is 0. The number of hydrogen-bond donors (Lipinski definition) is 6. The number of carboxylic acid groups (broad SMARTS) is 1. The summed E-state index contributed by atoms with van der Waals surface area (Å²) >= 11 is 0. The Balaban J connectivity index is 1.14. The first-order valence-electron chi connectivity index (χ1n) is 17.7. The van der Waals surface area contributed by atoms with Crippen LogP contribution < -0.4 is 26.7 Å². The van der Waals surface area contributed by atoms with Crippen LogP contribution in [0.1, 0.15) is 79.0 Å². The van der Waals surface area contributed by atoms with E-state index in [2.05, 4.69) is 21.3 Å². The zero-order valence-electron chi connectivity index (χ0n) is 29.8. The summed E-state index contributed by atoms with van der Waals surface area (Å²) in [6.45, 7) is 3.08. The first-order chi connectivity index (χ1) is 25.5. The minimum absolute atomic E-state index is 0.0390. The van der Waals surface area contributed by atoms with E-state index in [-0.39, 0.29) is 64.6 Å². The zero-order valence-corrected chi connectivity index (χ0v) is 29.8. The van der Waals surface area contributed by atoms with E-state index in [0.717, 1.165) is 44.9 Å². The Morgan fingerprint density at radius 2 is 1.26 bits per heavy atom. The van der Waals surface area contributed by atoms with Gasteiger partial charge in [-0.1, -0.05) is 31.7 Å². The number of amides is 4. The summed E-state index contributed by atoms with van der Waals surface area (Å²) in [4.78, 5) is 72.1. The molecule has 53 heavy (non-hydrogen) atoms. The zero-order chi connectivity index (χ0) is 38.2. The van der Waals surface area contributed by atoms with Crippen molar-refractivity contribution in [1.29, 1.82) is 0 Å². The molecule has 0 saturated carbocycles. The van der Waals surface area contributed by atoms with Crippen molar-refractivity contribution in [2.24, 2.45) is 0 Å². The quantitative estimate of drug-likeness (QED) is 0.0531. The van der Waals surface area contributed by atoms with Gasteiger partial charge in [-0.05, 0) is 67.6 Å². The van der Waals surface area contributed by atoms with Crippen LogP contribution in [0.4, 0.5) is 0 Å². The average Bonchev–Trinajstić information content (AvgIpc) is 3.12. The van der Waals surface area contributed by atoms with Crippen LogP contribution in [0.5, 0.6) is 5.75 Å². The van der Waals surface area contributed by atoms with Gasteiger partial charge in [-0.15, -0.1) is 0 Å². The predicted molar refractivity (Wildman–Crippen MR) is 198 cm³/mol. The van der Waals surface area contributed by atoms with Crippen LogP contribution in [0.15, 0.2) is 63.8 Å². The number of fused-ring (bicyclic) bond motifs is 2. The highest BCUT2D eigenvalue weighted by Gasteiger charge is 2.23. The fourth-order valence-electron chi connectivity index (χ4n) is 5.80. The van der Waals surface area contributed by atoms with E-state index >= 15 is 0 Å². The van der Waals surface area contributed by atoms with Gasteiger partial charge < -0.3 is 40.6 Å². The number of carboxylic acids is 1. The lowest BCUT2D eigenvalue weighted by molar-refractivity contribution is -0.131. The summed E-state index contributed by atoms with van der Waals surface area (Å²) in [5.74, 6) is -2.12. The Morgan fingerprint density at radius 3 is 1.87 bits per heavy atom. The van der Waals surface area contributed by atoms with Crippen molar-refractivity contribution in [3.8, 4) is 28.2 Å². The highest BCUT2D eigenvalue weighted by atomic mass is 16.5. The fourth-order valence-corrected chi connectivity index (χ4v) is 5.80. The molecule has 2 aliphatic rings. The second-order valence-corrected chi connectivity index (χ2v) is 12.6. The van der Waals surface area contributed by atoms with Crippen molar-refractivity contribution in [2.75, 3.05) is 39.4 Å². The Bertz CT molecular complexity index is 1940. The van der Waals surface area contributed by atoms with Crippen LogP contribution in [0.3, 0.4) is 0 Å². The molecule has 1 heterocycles. The molecule has 14 nitrogen and oxygen atoms in total. The van der Waals surface area contributed by atoms with Gasteiger partial charge >= 0.3 is 5.97 Å². The Labute approximate surface area is 306 Å². The third-order valence-electron chi connectivity index (χ3n) is 8.44. The van der Waals surface area contributed by atoms with Crippen molar-refractivity contribution in [3.63, 3.8) is 0 Å². The number of aromatic carboxylic acids is 1.